The first-order valence-corrected chi connectivity index (χ1v) is 11.6. The monoisotopic (exact) mass is 508 g/mol. The highest BCUT2D eigenvalue weighted by molar-refractivity contribution is 7.16. The lowest BCUT2D eigenvalue weighted by molar-refractivity contribution is 0.0730. The molecule has 2 aromatic carbocycles. The quantitative estimate of drug-likeness (QED) is 0.239. The number of thiophene rings is 1. The molecule has 2 aromatic heterocycles. The summed E-state index contributed by atoms with van der Waals surface area (Å²) in [5, 5.41) is 27.6. The average Bonchev–Trinajstić information content (AvgIpc) is 3.34. The topological polar surface area (TPSA) is 156 Å². The number of ether oxygens (including phenoxy) is 1. The second kappa shape index (κ2) is 9.27. The van der Waals surface area contributed by atoms with E-state index in [4.69, 9.17) is 10.5 Å². The highest BCUT2D eigenvalue weighted by Crippen LogP contribution is 2.39. The second-order valence-electron chi connectivity index (χ2n) is 9.00. The standard InChI is InChI=1S/C25H24N4O6S/c1-25(2,3)18-11-16(22(32)35-17-12-19(30)29(21(17)31)23(26)33)20(36-18)28-24(34)27-15-9-8-13-6-4-5-7-14(13)10-15/h4-12,30-31H,1-3H3,(H2,26,33)(H2,27,28,34). The number of anilines is 2. The highest BCUT2D eigenvalue weighted by Gasteiger charge is 2.27. The molecule has 186 valence electrons. The molecule has 0 saturated carbocycles. The van der Waals surface area contributed by atoms with Crippen molar-refractivity contribution in [3.8, 4) is 17.5 Å². The van der Waals surface area contributed by atoms with Gasteiger partial charge in [0, 0.05) is 16.6 Å². The normalized spacial score (nSPS) is 11.3. The first-order chi connectivity index (χ1) is 16.9. The number of hydrogen-bond donors (Lipinski definition) is 5. The summed E-state index contributed by atoms with van der Waals surface area (Å²) in [6, 6.07) is 13.9. The molecular weight excluding hydrogens is 484 g/mol. The van der Waals surface area contributed by atoms with Crippen LogP contribution in [0.25, 0.3) is 10.8 Å². The summed E-state index contributed by atoms with van der Waals surface area (Å²) in [5.41, 5.74) is 5.36. The van der Waals surface area contributed by atoms with E-state index in [1.54, 1.807) is 12.1 Å². The van der Waals surface area contributed by atoms with E-state index >= 15 is 0 Å². The van der Waals surface area contributed by atoms with Gasteiger partial charge in [-0.25, -0.2) is 14.4 Å². The number of nitrogens with one attached hydrogen (secondary N) is 2. The van der Waals surface area contributed by atoms with Gasteiger partial charge in [-0.15, -0.1) is 11.3 Å². The van der Waals surface area contributed by atoms with Crippen molar-refractivity contribution in [2.24, 2.45) is 5.73 Å². The zero-order valence-electron chi connectivity index (χ0n) is 19.7. The van der Waals surface area contributed by atoms with E-state index in [-0.39, 0.29) is 16.0 Å². The minimum Gasteiger partial charge on any atom is -0.494 e. The molecule has 0 aliphatic carbocycles. The number of aromatic hydroxyl groups is 2. The molecular formula is C25H24N4O6S. The Morgan fingerprint density at radius 2 is 1.67 bits per heavy atom. The summed E-state index contributed by atoms with van der Waals surface area (Å²) in [6.45, 7) is 5.84. The smallest absolute Gasteiger partial charge is 0.346 e. The maximum Gasteiger partial charge on any atom is 0.346 e. The molecule has 0 fully saturated rings. The van der Waals surface area contributed by atoms with Crippen molar-refractivity contribution in [2.45, 2.75) is 26.2 Å². The van der Waals surface area contributed by atoms with Crippen LogP contribution in [0.2, 0.25) is 0 Å². The van der Waals surface area contributed by atoms with Gasteiger partial charge in [-0.05, 0) is 34.4 Å². The third-order valence-electron chi connectivity index (χ3n) is 5.27. The van der Waals surface area contributed by atoms with E-state index in [9.17, 15) is 24.6 Å². The highest BCUT2D eigenvalue weighted by atomic mass is 32.1. The van der Waals surface area contributed by atoms with Gasteiger partial charge in [0.2, 0.25) is 11.8 Å². The van der Waals surface area contributed by atoms with Crippen LogP contribution in [-0.2, 0) is 5.41 Å². The van der Waals surface area contributed by atoms with Crippen LogP contribution >= 0.6 is 11.3 Å². The van der Waals surface area contributed by atoms with Crippen molar-refractivity contribution in [1.29, 1.82) is 0 Å². The van der Waals surface area contributed by atoms with Gasteiger partial charge in [-0.3, -0.25) is 5.32 Å². The van der Waals surface area contributed by atoms with Crippen LogP contribution in [0, 0.1) is 0 Å². The zero-order chi connectivity index (χ0) is 26.2. The SMILES string of the molecule is CC(C)(C)c1cc(C(=O)Oc2cc(O)n(C(N)=O)c2O)c(NC(=O)Nc2ccc3ccccc3c2)s1. The van der Waals surface area contributed by atoms with E-state index in [2.05, 4.69) is 10.6 Å². The van der Waals surface area contributed by atoms with Crippen molar-refractivity contribution in [3.63, 3.8) is 0 Å². The number of amides is 3. The van der Waals surface area contributed by atoms with E-state index < -0.39 is 35.5 Å². The van der Waals surface area contributed by atoms with E-state index in [0.29, 0.717) is 10.3 Å². The van der Waals surface area contributed by atoms with Crippen LogP contribution in [-0.4, -0.2) is 32.8 Å². The van der Waals surface area contributed by atoms with Gasteiger partial charge in [0.15, 0.2) is 5.75 Å². The molecule has 0 atom stereocenters. The van der Waals surface area contributed by atoms with E-state index in [0.717, 1.165) is 21.7 Å². The molecule has 0 saturated heterocycles. The summed E-state index contributed by atoms with van der Waals surface area (Å²) in [4.78, 5) is 38.0. The lowest BCUT2D eigenvalue weighted by Crippen LogP contribution is -2.21. The largest absolute Gasteiger partial charge is 0.494 e. The maximum atomic E-state index is 13.0. The number of carbonyl (C=O) groups is 3. The number of nitrogens with zero attached hydrogens (tertiary/aromatic N) is 1. The zero-order valence-corrected chi connectivity index (χ0v) is 20.5. The first-order valence-electron chi connectivity index (χ1n) is 10.8. The molecule has 0 aliphatic heterocycles. The van der Waals surface area contributed by atoms with Crippen molar-refractivity contribution in [3.05, 3.63) is 65.0 Å². The van der Waals surface area contributed by atoms with Crippen LogP contribution in [0.5, 0.6) is 17.5 Å². The molecule has 0 spiro atoms. The number of fused-ring (bicyclic) bond motifs is 1. The van der Waals surface area contributed by atoms with Crippen molar-refractivity contribution in [2.75, 3.05) is 10.6 Å². The van der Waals surface area contributed by atoms with Gasteiger partial charge in [0.05, 0.1) is 5.56 Å². The number of primary amides is 1. The van der Waals surface area contributed by atoms with Crippen LogP contribution in [0.3, 0.4) is 0 Å². The van der Waals surface area contributed by atoms with Crippen LogP contribution in [0.15, 0.2) is 54.6 Å². The summed E-state index contributed by atoms with van der Waals surface area (Å²) < 4.78 is 5.60. The summed E-state index contributed by atoms with van der Waals surface area (Å²) >= 11 is 1.20. The number of benzene rings is 2. The van der Waals surface area contributed by atoms with Crippen molar-refractivity contribution >= 4 is 50.8 Å². The molecule has 36 heavy (non-hydrogen) atoms. The average molecular weight is 509 g/mol. The first kappa shape index (κ1) is 24.6. The minimum atomic E-state index is -1.16. The molecule has 3 amide bonds. The number of esters is 1. The van der Waals surface area contributed by atoms with Gasteiger partial charge in [0.25, 0.3) is 0 Å². The minimum absolute atomic E-state index is 0.0318. The van der Waals surface area contributed by atoms with Gasteiger partial charge in [-0.1, -0.05) is 51.1 Å². The second-order valence-corrected chi connectivity index (χ2v) is 10.1. The van der Waals surface area contributed by atoms with E-state index in [1.807, 2.05) is 57.2 Å². The predicted octanol–water partition coefficient (Wildman–Crippen LogP) is 5.20. The Kier molecular flexibility index (Phi) is 6.34. The van der Waals surface area contributed by atoms with Crippen LogP contribution in [0.1, 0.15) is 36.0 Å². The molecule has 11 heteroatoms. The molecule has 0 unspecified atom stereocenters. The molecule has 2 heterocycles. The maximum absolute atomic E-state index is 13.0. The Balaban J connectivity index is 1.59. The Bertz CT molecular complexity index is 1500. The van der Waals surface area contributed by atoms with Gasteiger partial charge >= 0.3 is 18.0 Å². The third-order valence-corrected chi connectivity index (χ3v) is 6.75. The van der Waals surface area contributed by atoms with Gasteiger partial charge in [-0.2, -0.15) is 4.57 Å². The predicted molar refractivity (Wildman–Crippen MR) is 137 cm³/mol. The van der Waals surface area contributed by atoms with Crippen molar-refractivity contribution in [1.82, 2.24) is 4.57 Å². The number of rotatable bonds is 4. The fourth-order valence-corrected chi connectivity index (χ4v) is 4.55. The van der Waals surface area contributed by atoms with E-state index in [1.165, 1.54) is 11.3 Å². The van der Waals surface area contributed by atoms with Crippen molar-refractivity contribution < 1.29 is 29.3 Å². The molecule has 10 nitrogen and oxygen atoms in total. The molecule has 6 N–H and O–H groups in total. The Hall–Kier alpha value is -4.51. The molecule has 0 aliphatic rings. The Morgan fingerprint density at radius 1 is 0.972 bits per heavy atom. The molecule has 4 aromatic rings. The molecule has 0 radical (unpaired) electrons. The number of carbonyl (C=O) groups excluding carboxylic acids is 3. The van der Waals surface area contributed by atoms with Gasteiger partial charge in [0.1, 0.15) is 5.00 Å². The summed E-state index contributed by atoms with van der Waals surface area (Å²) in [7, 11) is 0. The lowest BCUT2D eigenvalue weighted by Gasteiger charge is -2.15. The molecule has 0 bridgehead atoms. The fraction of sp³-hybridized carbons (Fsp3) is 0.160. The number of nitrogens with two attached hydrogens (primary N) is 1. The summed E-state index contributed by atoms with van der Waals surface area (Å²) in [6.07, 6.45) is 0. The summed E-state index contributed by atoms with van der Waals surface area (Å²) in [5.74, 6) is -2.91. The Morgan fingerprint density at radius 3 is 2.31 bits per heavy atom. The lowest BCUT2D eigenvalue weighted by atomic mass is 9.94. The number of hydrogen-bond acceptors (Lipinski definition) is 7. The van der Waals surface area contributed by atoms with Crippen LogP contribution < -0.4 is 21.1 Å². The van der Waals surface area contributed by atoms with Gasteiger partial charge < -0.3 is 26.0 Å². The molecule has 4 rings (SSSR count). The third kappa shape index (κ3) is 4.96. The Labute approximate surface area is 209 Å². The number of aromatic nitrogens is 1. The fourth-order valence-electron chi connectivity index (χ4n) is 3.45. The van der Waals surface area contributed by atoms with Crippen LogP contribution in [0.4, 0.5) is 20.3 Å². The number of urea groups is 1.